The van der Waals surface area contributed by atoms with E-state index in [4.69, 9.17) is 0 Å². The molecule has 115 valence electrons. The molecule has 0 amide bonds. The van der Waals surface area contributed by atoms with Crippen LogP contribution in [0.3, 0.4) is 0 Å². The Morgan fingerprint density at radius 1 is 0.955 bits per heavy atom. The van der Waals surface area contributed by atoms with Gasteiger partial charge in [0.2, 0.25) is 0 Å². The first-order valence-corrected chi connectivity index (χ1v) is 8.17. The Morgan fingerprint density at radius 3 is 2.05 bits per heavy atom. The first kappa shape index (κ1) is 19.8. The normalized spacial score (nSPS) is 22.1. The molecule has 2 aliphatic carbocycles. The maximum absolute atomic E-state index is 2.41. The molecule has 1 aromatic rings. The van der Waals surface area contributed by atoms with E-state index < -0.39 is 0 Å². The summed E-state index contributed by atoms with van der Waals surface area (Å²) in [7, 11) is 0. The monoisotopic (exact) mass is 367 g/mol. The maximum atomic E-state index is 2.41. The SMILES string of the molecule is CC1=C(C)C(C)(C)C(C2=Cc3ccccc3[CH]2[Ti+2])=C1C.[Cl-].[Cl-]. The number of hydrogen-bond donors (Lipinski definition) is 0. The van der Waals surface area contributed by atoms with Crippen molar-refractivity contribution in [2.24, 2.45) is 5.41 Å². The Kier molecular flexibility index (Phi) is 6.02. The molecule has 0 heterocycles. The second-order valence-electron chi connectivity index (χ2n) is 6.54. The number of halogens is 2. The van der Waals surface area contributed by atoms with Crippen LogP contribution in [0.4, 0.5) is 0 Å². The first-order chi connectivity index (χ1) is 9.35. The largest absolute Gasteiger partial charge is 1.00 e. The van der Waals surface area contributed by atoms with Crippen molar-refractivity contribution in [2.45, 2.75) is 38.8 Å². The van der Waals surface area contributed by atoms with Crippen LogP contribution in [-0.2, 0) is 20.4 Å². The molecule has 0 saturated carbocycles. The molecule has 0 N–H and O–H groups in total. The second kappa shape index (κ2) is 6.69. The summed E-state index contributed by atoms with van der Waals surface area (Å²) in [6, 6.07) is 8.81. The van der Waals surface area contributed by atoms with Crippen molar-refractivity contribution >= 4 is 6.08 Å². The maximum Gasteiger partial charge on any atom is -1.00 e. The minimum Gasteiger partial charge on any atom is -1.00 e. The van der Waals surface area contributed by atoms with Gasteiger partial charge in [-0.1, -0.05) is 0 Å². The van der Waals surface area contributed by atoms with Gasteiger partial charge < -0.3 is 24.8 Å². The van der Waals surface area contributed by atoms with Crippen molar-refractivity contribution in [3.05, 3.63) is 63.3 Å². The summed E-state index contributed by atoms with van der Waals surface area (Å²) < 4.78 is 0.508. The Balaban J connectivity index is 0.00000121. The summed E-state index contributed by atoms with van der Waals surface area (Å²) >= 11 is 2.34. The molecule has 0 nitrogen and oxygen atoms in total. The van der Waals surface area contributed by atoms with Crippen molar-refractivity contribution in [3.63, 3.8) is 0 Å². The van der Waals surface area contributed by atoms with Gasteiger partial charge in [0.25, 0.3) is 0 Å². The summed E-state index contributed by atoms with van der Waals surface area (Å²) in [6.07, 6.45) is 2.41. The standard InChI is InChI=1S/C19H21.2ClH.Ti/c1-12-13(2)18(19(4,5)14(12)3)17-10-15-8-6-7-9-16(15)11-17;;;/h6-11H,1-5H3;2*1H;/q;;;+2/p-2. The molecule has 3 rings (SSSR count). The molecule has 0 bridgehead atoms. The van der Waals surface area contributed by atoms with Gasteiger partial charge in [0.15, 0.2) is 0 Å². The molecule has 1 unspecified atom stereocenters. The molecule has 0 spiro atoms. The van der Waals surface area contributed by atoms with Gasteiger partial charge in [0, 0.05) is 0 Å². The van der Waals surface area contributed by atoms with E-state index in [2.05, 4.69) is 85.4 Å². The second-order valence-corrected chi connectivity index (χ2v) is 7.44. The van der Waals surface area contributed by atoms with Crippen LogP contribution in [0.25, 0.3) is 6.08 Å². The van der Waals surface area contributed by atoms with Crippen molar-refractivity contribution in [2.75, 3.05) is 0 Å². The molecule has 0 aliphatic heterocycles. The van der Waals surface area contributed by atoms with Crippen LogP contribution in [0.1, 0.15) is 50.0 Å². The van der Waals surface area contributed by atoms with Gasteiger partial charge in [-0.3, -0.25) is 0 Å². The Bertz CT molecular complexity index is 693. The van der Waals surface area contributed by atoms with E-state index in [-0.39, 0.29) is 30.2 Å². The van der Waals surface area contributed by atoms with Gasteiger partial charge in [-0.05, 0) is 0 Å². The van der Waals surface area contributed by atoms with Crippen LogP contribution in [0, 0.1) is 5.41 Å². The van der Waals surface area contributed by atoms with Gasteiger partial charge in [0.05, 0.1) is 0 Å². The van der Waals surface area contributed by atoms with E-state index in [0.29, 0.717) is 4.22 Å². The number of benzene rings is 1. The molecule has 0 radical (unpaired) electrons. The van der Waals surface area contributed by atoms with Crippen molar-refractivity contribution in [3.8, 4) is 0 Å². The summed E-state index contributed by atoms with van der Waals surface area (Å²) in [5, 5.41) is 0. The van der Waals surface area contributed by atoms with Crippen LogP contribution < -0.4 is 24.8 Å². The van der Waals surface area contributed by atoms with Crippen LogP contribution >= 0.6 is 0 Å². The zero-order valence-electron chi connectivity index (χ0n) is 13.7. The molecule has 22 heavy (non-hydrogen) atoms. The van der Waals surface area contributed by atoms with Crippen LogP contribution in [0.2, 0.25) is 0 Å². The summed E-state index contributed by atoms with van der Waals surface area (Å²) in [5.74, 6) is 0. The number of allylic oxidation sites excluding steroid dienone is 5. The molecule has 3 heteroatoms. The van der Waals surface area contributed by atoms with E-state index >= 15 is 0 Å². The van der Waals surface area contributed by atoms with Crippen LogP contribution in [0.5, 0.6) is 0 Å². The van der Waals surface area contributed by atoms with Crippen molar-refractivity contribution in [1.29, 1.82) is 0 Å². The van der Waals surface area contributed by atoms with E-state index in [0.717, 1.165) is 0 Å². The third-order valence-electron chi connectivity index (χ3n) is 5.28. The zero-order valence-corrected chi connectivity index (χ0v) is 16.8. The minimum absolute atomic E-state index is 0. The quantitative estimate of drug-likeness (QED) is 0.580. The zero-order chi connectivity index (χ0) is 14.7. The first-order valence-electron chi connectivity index (χ1n) is 7.27. The third-order valence-corrected chi connectivity index (χ3v) is 6.25. The molecule has 0 aromatic heterocycles. The van der Waals surface area contributed by atoms with E-state index in [1.807, 2.05) is 0 Å². The Morgan fingerprint density at radius 2 is 1.55 bits per heavy atom. The predicted octanol–water partition coefficient (Wildman–Crippen LogP) is -0.628. The third kappa shape index (κ3) is 2.69. The molecule has 1 aromatic carbocycles. The Hall–Kier alpha value is -0.266. The minimum atomic E-state index is 0. The fourth-order valence-electron chi connectivity index (χ4n) is 3.71. The van der Waals surface area contributed by atoms with Crippen LogP contribution in [-0.4, -0.2) is 0 Å². The van der Waals surface area contributed by atoms with Gasteiger partial charge >= 0.3 is 134 Å². The fourth-order valence-corrected chi connectivity index (χ4v) is 4.48. The molecular formula is C19H21Cl2Ti. The molecule has 2 aliphatic rings. The smallest absolute Gasteiger partial charge is 1.00 e. The number of fused-ring (bicyclic) bond motifs is 1. The fraction of sp³-hybridized carbons (Fsp3) is 0.368. The molecule has 0 saturated heterocycles. The van der Waals surface area contributed by atoms with E-state index in [1.54, 1.807) is 5.57 Å². The molecular weight excluding hydrogens is 347 g/mol. The topological polar surface area (TPSA) is 0 Å². The van der Waals surface area contributed by atoms with Crippen LogP contribution in [0.15, 0.2) is 52.1 Å². The Labute approximate surface area is 158 Å². The average molecular weight is 368 g/mol. The average Bonchev–Trinajstić information content (AvgIpc) is 2.81. The van der Waals surface area contributed by atoms with Gasteiger partial charge in [-0.25, -0.2) is 0 Å². The van der Waals surface area contributed by atoms with Crippen molar-refractivity contribution < 1.29 is 45.2 Å². The predicted molar refractivity (Wildman–Crippen MR) is 82.0 cm³/mol. The number of rotatable bonds is 1. The summed E-state index contributed by atoms with van der Waals surface area (Å²) in [4.78, 5) is 0. The van der Waals surface area contributed by atoms with Gasteiger partial charge in [-0.15, -0.1) is 0 Å². The summed E-state index contributed by atoms with van der Waals surface area (Å²) in [5.41, 5.74) is 10.6. The summed E-state index contributed by atoms with van der Waals surface area (Å²) in [6.45, 7) is 11.6. The van der Waals surface area contributed by atoms with Gasteiger partial charge in [-0.2, -0.15) is 0 Å². The van der Waals surface area contributed by atoms with Gasteiger partial charge in [0.1, 0.15) is 0 Å². The van der Waals surface area contributed by atoms with Crippen molar-refractivity contribution in [1.82, 2.24) is 0 Å². The molecule has 0 fully saturated rings. The number of hydrogen-bond acceptors (Lipinski definition) is 0. The molecule has 1 atom stereocenters. The van der Waals surface area contributed by atoms with E-state index in [9.17, 15) is 0 Å². The van der Waals surface area contributed by atoms with E-state index in [1.165, 1.54) is 33.4 Å².